The standard InChI is InChI=1S/C18H22FN3O/c1-12-16(10-13-4-5-14(19)11-17(13)20-12)18(23)22-8-6-15(7-9-22)21(2)3/h4-5,10-11,15H,6-9H2,1-3H3. The third kappa shape index (κ3) is 3.20. The monoisotopic (exact) mass is 315 g/mol. The maximum atomic E-state index is 13.3. The minimum Gasteiger partial charge on any atom is -0.338 e. The average molecular weight is 315 g/mol. The van der Waals surface area contributed by atoms with Crippen molar-refractivity contribution in [3.8, 4) is 0 Å². The highest BCUT2D eigenvalue weighted by Gasteiger charge is 2.25. The number of hydrogen-bond donors (Lipinski definition) is 0. The molecular weight excluding hydrogens is 293 g/mol. The second-order valence-electron chi connectivity index (χ2n) is 6.45. The number of amides is 1. The molecule has 0 bridgehead atoms. The van der Waals surface area contributed by atoms with E-state index in [1.54, 1.807) is 6.07 Å². The van der Waals surface area contributed by atoms with Gasteiger partial charge in [-0.3, -0.25) is 9.78 Å². The van der Waals surface area contributed by atoms with Crippen LogP contribution in [-0.2, 0) is 0 Å². The van der Waals surface area contributed by atoms with Gasteiger partial charge in [-0.2, -0.15) is 0 Å². The molecule has 1 aromatic heterocycles. The lowest BCUT2D eigenvalue weighted by Crippen LogP contribution is -2.44. The van der Waals surface area contributed by atoms with E-state index in [1.807, 2.05) is 17.9 Å². The maximum absolute atomic E-state index is 13.3. The Balaban J connectivity index is 1.84. The van der Waals surface area contributed by atoms with E-state index in [1.165, 1.54) is 12.1 Å². The SMILES string of the molecule is Cc1nc2cc(F)ccc2cc1C(=O)N1CCC(N(C)C)CC1. The summed E-state index contributed by atoms with van der Waals surface area (Å²) in [7, 11) is 4.16. The van der Waals surface area contributed by atoms with Crippen LogP contribution in [-0.4, -0.2) is 53.9 Å². The van der Waals surface area contributed by atoms with Gasteiger partial charge < -0.3 is 9.80 Å². The molecule has 1 amide bonds. The molecule has 1 aliphatic heterocycles. The lowest BCUT2D eigenvalue weighted by atomic mass is 10.0. The molecule has 23 heavy (non-hydrogen) atoms. The van der Waals surface area contributed by atoms with E-state index in [0.717, 1.165) is 31.3 Å². The van der Waals surface area contributed by atoms with E-state index < -0.39 is 0 Å². The first kappa shape index (κ1) is 15.9. The number of benzene rings is 1. The van der Waals surface area contributed by atoms with Crippen molar-refractivity contribution in [1.82, 2.24) is 14.8 Å². The molecule has 0 atom stereocenters. The van der Waals surface area contributed by atoms with Crippen molar-refractivity contribution in [2.45, 2.75) is 25.8 Å². The number of carbonyl (C=O) groups is 1. The van der Waals surface area contributed by atoms with Gasteiger partial charge in [0.15, 0.2) is 0 Å². The van der Waals surface area contributed by atoms with Crippen molar-refractivity contribution in [3.05, 3.63) is 41.3 Å². The molecule has 122 valence electrons. The van der Waals surface area contributed by atoms with E-state index in [4.69, 9.17) is 0 Å². The van der Waals surface area contributed by atoms with Gasteiger partial charge in [0.05, 0.1) is 16.8 Å². The molecule has 3 rings (SSSR count). The minimum atomic E-state index is -0.311. The summed E-state index contributed by atoms with van der Waals surface area (Å²) in [5.74, 6) is -0.285. The van der Waals surface area contributed by atoms with Crippen molar-refractivity contribution in [2.75, 3.05) is 27.2 Å². The molecule has 2 aromatic rings. The van der Waals surface area contributed by atoms with Gasteiger partial charge in [-0.1, -0.05) is 0 Å². The van der Waals surface area contributed by atoms with E-state index in [0.29, 0.717) is 22.8 Å². The molecule has 0 unspecified atom stereocenters. The van der Waals surface area contributed by atoms with Crippen molar-refractivity contribution in [3.63, 3.8) is 0 Å². The van der Waals surface area contributed by atoms with Crippen molar-refractivity contribution < 1.29 is 9.18 Å². The summed E-state index contributed by atoms with van der Waals surface area (Å²) in [6.07, 6.45) is 1.98. The first-order valence-electron chi connectivity index (χ1n) is 7.98. The highest BCUT2D eigenvalue weighted by atomic mass is 19.1. The highest BCUT2D eigenvalue weighted by Crippen LogP contribution is 2.21. The maximum Gasteiger partial charge on any atom is 0.255 e. The molecule has 2 heterocycles. The van der Waals surface area contributed by atoms with Gasteiger partial charge in [0, 0.05) is 30.6 Å². The molecule has 0 aliphatic carbocycles. The first-order chi connectivity index (χ1) is 11.0. The largest absolute Gasteiger partial charge is 0.338 e. The van der Waals surface area contributed by atoms with Gasteiger partial charge in [0.1, 0.15) is 5.82 Å². The Morgan fingerprint density at radius 3 is 2.61 bits per heavy atom. The number of rotatable bonds is 2. The molecule has 0 N–H and O–H groups in total. The van der Waals surface area contributed by atoms with Gasteiger partial charge in [-0.15, -0.1) is 0 Å². The minimum absolute atomic E-state index is 0.0263. The molecule has 5 heteroatoms. The van der Waals surface area contributed by atoms with Crippen LogP contribution in [0.1, 0.15) is 28.9 Å². The zero-order chi connectivity index (χ0) is 16.6. The summed E-state index contributed by atoms with van der Waals surface area (Å²) in [6, 6.07) is 6.84. The fourth-order valence-electron chi connectivity index (χ4n) is 3.21. The summed E-state index contributed by atoms with van der Waals surface area (Å²) in [5, 5.41) is 0.795. The van der Waals surface area contributed by atoms with Crippen LogP contribution in [0.25, 0.3) is 10.9 Å². The Morgan fingerprint density at radius 1 is 1.26 bits per heavy atom. The smallest absolute Gasteiger partial charge is 0.255 e. The molecule has 1 saturated heterocycles. The van der Waals surface area contributed by atoms with Gasteiger partial charge in [0.25, 0.3) is 5.91 Å². The summed E-state index contributed by atoms with van der Waals surface area (Å²) >= 11 is 0. The van der Waals surface area contributed by atoms with Gasteiger partial charge in [-0.25, -0.2) is 4.39 Å². The van der Waals surface area contributed by atoms with Crippen LogP contribution in [0, 0.1) is 12.7 Å². The Morgan fingerprint density at radius 2 is 1.96 bits per heavy atom. The highest BCUT2D eigenvalue weighted by molar-refractivity contribution is 5.98. The third-order valence-electron chi connectivity index (χ3n) is 4.68. The summed E-state index contributed by atoms with van der Waals surface area (Å²) in [5.41, 5.74) is 1.86. The van der Waals surface area contributed by atoms with Crippen molar-refractivity contribution >= 4 is 16.8 Å². The number of hydrogen-bond acceptors (Lipinski definition) is 3. The Bertz CT molecular complexity index is 736. The van der Waals surface area contributed by atoms with Gasteiger partial charge >= 0.3 is 0 Å². The number of carbonyl (C=O) groups excluding carboxylic acids is 1. The zero-order valence-corrected chi connectivity index (χ0v) is 13.8. The molecule has 0 radical (unpaired) electrons. The van der Waals surface area contributed by atoms with Crippen LogP contribution < -0.4 is 0 Å². The molecule has 1 fully saturated rings. The molecular formula is C18H22FN3O. The van der Waals surface area contributed by atoms with E-state index in [2.05, 4.69) is 24.0 Å². The zero-order valence-electron chi connectivity index (χ0n) is 13.8. The van der Waals surface area contributed by atoms with Crippen molar-refractivity contribution in [1.29, 1.82) is 0 Å². The van der Waals surface area contributed by atoms with Crippen LogP contribution >= 0.6 is 0 Å². The fraction of sp³-hybridized carbons (Fsp3) is 0.444. The molecule has 1 aliphatic rings. The Hall–Kier alpha value is -2.01. The van der Waals surface area contributed by atoms with Gasteiger partial charge in [0.2, 0.25) is 0 Å². The fourth-order valence-corrected chi connectivity index (χ4v) is 3.21. The van der Waals surface area contributed by atoms with Crippen LogP contribution in [0.15, 0.2) is 24.3 Å². The molecule has 1 aromatic carbocycles. The Kier molecular flexibility index (Phi) is 4.31. The topological polar surface area (TPSA) is 36.4 Å². The van der Waals surface area contributed by atoms with Crippen LogP contribution in [0.2, 0.25) is 0 Å². The van der Waals surface area contributed by atoms with E-state index in [9.17, 15) is 9.18 Å². The van der Waals surface area contributed by atoms with E-state index >= 15 is 0 Å². The number of aromatic nitrogens is 1. The number of aryl methyl sites for hydroxylation is 1. The summed E-state index contributed by atoms with van der Waals surface area (Å²) in [4.78, 5) is 21.3. The number of nitrogens with zero attached hydrogens (tertiary/aromatic N) is 3. The summed E-state index contributed by atoms with van der Waals surface area (Å²) < 4.78 is 13.3. The second kappa shape index (κ2) is 6.24. The van der Waals surface area contributed by atoms with E-state index in [-0.39, 0.29) is 11.7 Å². The van der Waals surface area contributed by atoms with Crippen molar-refractivity contribution in [2.24, 2.45) is 0 Å². The lowest BCUT2D eigenvalue weighted by Gasteiger charge is -2.35. The van der Waals surface area contributed by atoms with Gasteiger partial charge in [-0.05, 0) is 52.1 Å². The number of pyridine rings is 1. The normalized spacial score (nSPS) is 16.3. The number of halogens is 1. The molecule has 0 spiro atoms. The average Bonchev–Trinajstić information content (AvgIpc) is 2.53. The summed E-state index contributed by atoms with van der Waals surface area (Å²) in [6.45, 7) is 3.34. The lowest BCUT2D eigenvalue weighted by molar-refractivity contribution is 0.0662. The Labute approximate surface area is 135 Å². The third-order valence-corrected chi connectivity index (χ3v) is 4.68. The van der Waals surface area contributed by atoms with Crippen LogP contribution in [0.4, 0.5) is 4.39 Å². The number of piperidine rings is 1. The van der Waals surface area contributed by atoms with Crippen LogP contribution in [0.3, 0.4) is 0 Å². The predicted molar refractivity (Wildman–Crippen MR) is 89.1 cm³/mol. The molecule has 0 saturated carbocycles. The molecule has 4 nitrogen and oxygen atoms in total. The number of fused-ring (bicyclic) bond motifs is 1. The number of likely N-dealkylation sites (tertiary alicyclic amines) is 1. The quantitative estimate of drug-likeness (QED) is 0.855. The predicted octanol–water partition coefficient (Wildman–Crippen LogP) is 2.85. The first-order valence-corrected chi connectivity index (χ1v) is 7.98. The second-order valence-corrected chi connectivity index (χ2v) is 6.45. The van der Waals surface area contributed by atoms with Crippen LogP contribution in [0.5, 0.6) is 0 Å².